The van der Waals surface area contributed by atoms with E-state index in [2.05, 4.69) is 28.8 Å². The van der Waals surface area contributed by atoms with Crippen molar-refractivity contribution in [3.05, 3.63) is 40.7 Å². The van der Waals surface area contributed by atoms with Gasteiger partial charge >= 0.3 is 0 Å². The highest BCUT2D eigenvalue weighted by atomic mass is 35.5. The van der Waals surface area contributed by atoms with Crippen molar-refractivity contribution in [3.63, 3.8) is 0 Å². The minimum Gasteiger partial charge on any atom is -0.302 e. The molecule has 152 valence electrons. The number of aryl methyl sites for hydroxylation is 2. The van der Waals surface area contributed by atoms with E-state index in [0.29, 0.717) is 22.4 Å². The number of rotatable bonds is 7. The molecule has 0 atom stereocenters. The summed E-state index contributed by atoms with van der Waals surface area (Å²) in [5, 5.41) is 5.67. The van der Waals surface area contributed by atoms with Gasteiger partial charge in [-0.05, 0) is 44.3 Å². The molecule has 0 aliphatic carbocycles. The molecule has 0 N–H and O–H groups in total. The second-order valence-corrected chi connectivity index (χ2v) is 7.83. The van der Waals surface area contributed by atoms with Crippen LogP contribution in [-0.4, -0.2) is 51.8 Å². The fraction of sp³-hybridized carbons (Fsp3) is 0.421. The molecule has 2 aromatic heterocycles. The molecule has 3 rings (SSSR count). The van der Waals surface area contributed by atoms with Crippen molar-refractivity contribution in [3.8, 4) is 0 Å². The van der Waals surface area contributed by atoms with Crippen LogP contribution >= 0.6 is 35.3 Å². The minimum absolute atomic E-state index is 0. The summed E-state index contributed by atoms with van der Waals surface area (Å²) in [5.41, 5.74) is 2.23. The van der Waals surface area contributed by atoms with Crippen molar-refractivity contribution >= 4 is 56.6 Å². The number of aromatic nitrogens is 3. The van der Waals surface area contributed by atoms with E-state index in [4.69, 9.17) is 11.6 Å². The van der Waals surface area contributed by atoms with Crippen molar-refractivity contribution in [1.29, 1.82) is 0 Å². The molecule has 1 aromatic carbocycles. The third-order valence-electron chi connectivity index (χ3n) is 4.57. The Morgan fingerprint density at radius 3 is 2.54 bits per heavy atom. The molecule has 0 spiro atoms. The van der Waals surface area contributed by atoms with E-state index in [-0.39, 0.29) is 18.3 Å². The molecule has 9 heteroatoms. The standard InChI is InChI=1S/C19H24ClN5OS.ClH/c1-5-24(6-2)9-10-25(18(26)16-11-13(3)22-23(16)4)19-21-15-8-7-14(20)12-17(15)27-19;/h7-8,11-12H,5-6,9-10H2,1-4H3;1H. The highest BCUT2D eigenvalue weighted by Crippen LogP contribution is 2.31. The van der Waals surface area contributed by atoms with Crippen LogP contribution in [0.15, 0.2) is 24.3 Å². The summed E-state index contributed by atoms with van der Waals surface area (Å²) in [5.74, 6) is -0.0876. The molecule has 2 heterocycles. The van der Waals surface area contributed by atoms with Gasteiger partial charge in [0.1, 0.15) is 5.69 Å². The Morgan fingerprint density at radius 1 is 1.21 bits per heavy atom. The average molecular weight is 442 g/mol. The van der Waals surface area contributed by atoms with Crippen LogP contribution in [0.2, 0.25) is 5.02 Å². The van der Waals surface area contributed by atoms with Gasteiger partial charge in [-0.1, -0.05) is 36.8 Å². The van der Waals surface area contributed by atoms with Crippen LogP contribution in [0.4, 0.5) is 5.13 Å². The first-order valence-corrected chi connectivity index (χ1v) is 10.2. The quantitative estimate of drug-likeness (QED) is 0.544. The molecule has 1 amide bonds. The maximum atomic E-state index is 13.3. The normalized spacial score (nSPS) is 11.1. The van der Waals surface area contributed by atoms with Crippen molar-refractivity contribution in [2.24, 2.45) is 7.05 Å². The van der Waals surface area contributed by atoms with Gasteiger partial charge in [0.25, 0.3) is 5.91 Å². The van der Waals surface area contributed by atoms with Gasteiger partial charge in [-0.3, -0.25) is 14.4 Å². The van der Waals surface area contributed by atoms with Gasteiger partial charge in [-0.25, -0.2) is 4.98 Å². The zero-order valence-electron chi connectivity index (χ0n) is 16.5. The Hall–Kier alpha value is -1.67. The summed E-state index contributed by atoms with van der Waals surface area (Å²) in [6.45, 7) is 9.37. The monoisotopic (exact) mass is 441 g/mol. The molecular weight excluding hydrogens is 417 g/mol. The lowest BCUT2D eigenvalue weighted by Crippen LogP contribution is -2.39. The molecule has 6 nitrogen and oxygen atoms in total. The Balaban J connectivity index is 0.00000280. The number of amides is 1. The molecule has 0 saturated heterocycles. The Morgan fingerprint density at radius 2 is 1.93 bits per heavy atom. The lowest BCUT2D eigenvalue weighted by atomic mass is 10.3. The number of hydrogen-bond acceptors (Lipinski definition) is 5. The van der Waals surface area contributed by atoms with E-state index < -0.39 is 0 Å². The largest absolute Gasteiger partial charge is 0.302 e. The number of nitrogens with zero attached hydrogens (tertiary/aromatic N) is 5. The van der Waals surface area contributed by atoms with Crippen molar-refractivity contribution in [2.45, 2.75) is 20.8 Å². The number of hydrogen-bond donors (Lipinski definition) is 0. The summed E-state index contributed by atoms with van der Waals surface area (Å²) < 4.78 is 2.60. The second-order valence-electron chi connectivity index (χ2n) is 6.39. The van der Waals surface area contributed by atoms with Crippen LogP contribution in [0, 0.1) is 6.92 Å². The molecule has 0 unspecified atom stereocenters. The first kappa shape index (κ1) is 22.6. The molecule has 0 radical (unpaired) electrons. The van der Waals surface area contributed by atoms with E-state index in [1.165, 1.54) is 11.3 Å². The van der Waals surface area contributed by atoms with Crippen molar-refractivity contribution in [1.82, 2.24) is 19.7 Å². The van der Waals surface area contributed by atoms with E-state index in [0.717, 1.165) is 35.5 Å². The van der Waals surface area contributed by atoms with Gasteiger partial charge < -0.3 is 4.90 Å². The molecule has 28 heavy (non-hydrogen) atoms. The Kier molecular flexibility index (Phi) is 7.83. The van der Waals surface area contributed by atoms with Crippen LogP contribution in [0.5, 0.6) is 0 Å². The van der Waals surface area contributed by atoms with Gasteiger partial charge in [0.05, 0.1) is 15.9 Å². The van der Waals surface area contributed by atoms with E-state index in [1.807, 2.05) is 31.2 Å². The Bertz CT molecular complexity index is 951. The predicted octanol–water partition coefficient (Wildman–Crippen LogP) is 4.40. The Labute approximate surface area is 180 Å². The van der Waals surface area contributed by atoms with Crippen LogP contribution in [0.25, 0.3) is 10.2 Å². The van der Waals surface area contributed by atoms with E-state index in [9.17, 15) is 4.79 Å². The number of benzene rings is 1. The smallest absolute Gasteiger partial charge is 0.278 e. The van der Waals surface area contributed by atoms with Crippen LogP contribution < -0.4 is 4.90 Å². The highest BCUT2D eigenvalue weighted by molar-refractivity contribution is 7.22. The third kappa shape index (κ3) is 4.84. The third-order valence-corrected chi connectivity index (χ3v) is 5.85. The van der Waals surface area contributed by atoms with Gasteiger partial charge in [0.2, 0.25) is 0 Å². The molecule has 3 aromatic rings. The number of carbonyl (C=O) groups is 1. The number of anilines is 1. The summed E-state index contributed by atoms with van der Waals surface area (Å²) in [4.78, 5) is 22.0. The number of carbonyl (C=O) groups excluding carboxylic acids is 1. The molecule has 0 saturated carbocycles. The average Bonchev–Trinajstić information content (AvgIpc) is 3.20. The highest BCUT2D eigenvalue weighted by Gasteiger charge is 2.24. The molecular formula is C19H25Cl2N5OS. The molecule has 0 aliphatic heterocycles. The van der Waals surface area contributed by atoms with E-state index in [1.54, 1.807) is 16.6 Å². The number of likely N-dealkylation sites (N-methyl/N-ethyl adjacent to an activating group) is 1. The van der Waals surface area contributed by atoms with Gasteiger partial charge in [-0.15, -0.1) is 12.4 Å². The maximum Gasteiger partial charge on any atom is 0.278 e. The van der Waals surface area contributed by atoms with Gasteiger partial charge in [0.15, 0.2) is 5.13 Å². The number of thiazole rings is 1. The predicted molar refractivity (Wildman–Crippen MR) is 119 cm³/mol. The van der Waals surface area contributed by atoms with Gasteiger partial charge in [0, 0.05) is 25.2 Å². The summed E-state index contributed by atoms with van der Waals surface area (Å²) in [6, 6.07) is 7.41. The van der Waals surface area contributed by atoms with Crippen LogP contribution in [0.1, 0.15) is 30.0 Å². The fourth-order valence-corrected chi connectivity index (χ4v) is 4.28. The fourth-order valence-electron chi connectivity index (χ4n) is 3.02. The minimum atomic E-state index is -0.0876. The summed E-state index contributed by atoms with van der Waals surface area (Å²) in [7, 11) is 1.79. The summed E-state index contributed by atoms with van der Waals surface area (Å²) >= 11 is 7.59. The number of fused-ring (bicyclic) bond motifs is 1. The lowest BCUT2D eigenvalue weighted by Gasteiger charge is -2.24. The second kappa shape index (κ2) is 9.69. The topological polar surface area (TPSA) is 54.3 Å². The zero-order valence-corrected chi connectivity index (χ0v) is 18.9. The zero-order chi connectivity index (χ0) is 19.6. The van der Waals surface area contributed by atoms with Crippen molar-refractivity contribution in [2.75, 3.05) is 31.1 Å². The molecule has 0 bridgehead atoms. The van der Waals surface area contributed by atoms with Gasteiger partial charge in [-0.2, -0.15) is 5.10 Å². The summed E-state index contributed by atoms with van der Waals surface area (Å²) in [6.07, 6.45) is 0. The van der Waals surface area contributed by atoms with Crippen molar-refractivity contribution < 1.29 is 4.79 Å². The first-order valence-electron chi connectivity index (χ1n) is 9.03. The SMILES string of the molecule is CCN(CC)CCN(C(=O)c1cc(C)nn1C)c1nc2ccc(Cl)cc2s1.Cl. The number of halogens is 2. The van der Waals surface area contributed by atoms with Crippen LogP contribution in [0.3, 0.4) is 0 Å². The lowest BCUT2D eigenvalue weighted by molar-refractivity contribution is 0.0974. The molecule has 0 aliphatic rings. The van der Waals surface area contributed by atoms with Crippen LogP contribution in [-0.2, 0) is 7.05 Å². The molecule has 0 fully saturated rings. The maximum absolute atomic E-state index is 13.3. The van der Waals surface area contributed by atoms with E-state index >= 15 is 0 Å². The first-order chi connectivity index (χ1) is 12.9.